The Kier molecular flexibility index (Phi) is 6.50. The van der Waals surface area contributed by atoms with E-state index in [-0.39, 0.29) is 15.9 Å². The third-order valence-electron chi connectivity index (χ3n) is 3.13. The summed E-state index contributed by atoms with van der Waals surface area (Å²) >= 11 is 5.06. The predicted octanol–water partition coefficient (Wildman–Crippen LogP) is 1.83. The minimum absolute atomic E-state index is 0.0198. The van der Waals surface area contributed by atoms with Crippen LogP contribution in [0.1, 0.15) is 6.92 Å². The average Bonchev–Trinajstić information content (AvgIpc) is 2.61. The number of nitrogens with one attached hydrogen (secondary N) is 4. The van der Waals surface area contributed by atoms with Crippen LogP contribution in [0.4, 0.5) is 11.4 Å². The number of methoxy groups -OCH3 is 1. The molecule has 2 aromatic rings. The first-order valence-corrected chi connectivity index (χ1v) is 9.30. The lowest BCUT2D eigenvalue weighted by Crippen LogP contribution is -2.43. The molecule has 0 saturated heterocycles. The fraction of sp³-hybridized carbons (Fsp3) is 0.125. The maximum Gasteiger partial charge on any atom is 0.257 e. The lowest BCUT2D eigenvalue weighted by atomic mass is 10.3. The van der Waals surface area contributed by atoms with Crippen molar-refractivity contribution >= 4 is 44.6 Å². The fourth-order valence-electron chi connectivity index (χ4n) is 1.93. The summed E-state index contributed by atoms with van der Waals surface area (Å²) < 4.78 is 29.5. The first-order chi connectivity index (χ1) is 12.3. The standard InChI is InChI=1S/C16H18N4O4S2/c1-11(21)17-12-5-9-15(10-6-12)26(22,23)20-19-16(25)18-13-3-7-14(24-2)8-4-13/h3-10,20H,1-2H3,(H,17,21)(H2,18,19,25). The molecule has 4 N–H and O–H groups in total. The molecule has 8 nitrogen and oxygen atoms in total. The summed E-state index contributed by atoms with van der Waals surface area (Å²) in [5.74, 6) is 0.452. The van der Waals surface area contributed by atoms with Gasteiger partial charge in [-0.05, 0) is 60.7 Å². The van der Waals surface area contributed by atoms with Gasteiger partial charge in [0.25, 0.3) is 10.0 Å². The topological polar surface area (TPSA) is 109 Å². The molecule has 0 atom stereocenters. The number of hydrogen-bond acceptors (Lipinski definition) is 5. The van der Waals surface area contributed by atoms with E-state index in [1.165, 1.54) is 31.2 Å². The molecular formula is C16H18N4O4S2. The molecule has 0 aliphatic rings. The number of hydrogen-bond donors (Lipinski definition) is 4. The molecule has 0 unspecified atom stereocenters. The van der Waals surface area contributed by atoms with Crippen molar-refractivity contribution in [1.29, 1.82) is 0 Å². The van der Waals surface area contributed by atoms with Crippen LogP contribution in [0.3, 0.4) is 0 Å². The van der Waals surface area contributed by atoms with Crippen molar-refractivity contribution < 1.29 is 17.9 Å². The Morgan fingerprint density at radius 3 is 2.04 bits per heavy atom. The Hall–Kier alpha value is -2.69. The largest absolute Gasteiger partial charge is 0.497 e. The van der Waals surface area contributed by atoms with E-state index in [0.29, 0.717) is 17.1 Å². The Labute approximate surface area is 157 Å². The van der Waals surface area contributed by atoms with E-state index in [1.54, 1.807) is 31.4 Å². The summed E-state index contributed by atoms with van der Waals surface area (Å²) in [6.07, 6.45) is 0. The highest BCUT2D eigenvalue weighted by atomic mass is 32.2. The van der Waals surface area contributed by atoms with E-state index in [0.717, 1.165) is 0 Å². The van der Waals surface area contributed by atoms with E-state index >= 15 is 0 Å². The molecule has 2 aromatic carbocycles. The van der Waals surface area contributed by atoms with Gasteiger partial charge in [-0.2, -0.15) is 0 Å². The molecule has 10 heteroatoms. The van der Waals surface area contributed by atoms with E-state index in [9.17, 15) is 13.2 Å². The normalized spacial score (nSPS) is 10.7. The van der Waals surface area contributed by atoms with Gasteiger partial charge in [0, 0.05) is 18.3 Å². The van der Waals surface area contributed by atoms with Gasteiger partial charge in [0.15, 0.2) is 5.11 Å². The van der Waals surface area contributed by atoms with Gasteiger partial charge in [-0.1, -0.05) is 0 Å². The van der Waals surface area contributed by atoms with Crippen LogP contribution >= 0.6 is 12.2 Å². The number of carbonyl (C=O) groups is 1. The minimum Gasteiger partial charge on any atom is -0.497 e. The third kappa shape index (κ3) is 5.69. The van der Waals surface area contributed by atoms with Crippen LogP contribution in [-0.4, -0.2) is 26.5 Å². The van der Waals surface area contributed by atoms with Gasteiger partial charge in [0.05, 0.1) is 12.0 Å². The van der Waals surface area contributed by atoms with Gasteiger partial charge in [-0.15, -0.1) is 4.83 Å². The molecule has 0 aliphatic heterocycles. The second-order valence-electron chi connectivity index (χ2n) is 5.12. The van der Waals surface area contributed by atoms with Gasteiger partial charge in [-0.25, -0.2) is 8.42 Å². The van der Waals surface area contributed by atoms with Crippen molar-refractivity contribution in [2.75, 3.05) is 17.7 Å². The molecule has 0 saturated carbocycles. The quantitative estimate of drug-likeness (QED) is 0.437. The lowest BCUT2D eigenvalue weighted by Gasteiger charge is -2.12. The second-order valence-corrected chi connectivity index (χ2v) is 7.21. The van der Waals surface area contributed by atoms with Gasteiger partial charge in [-0.3, -0.25) is 10.2 Å². The van der Waals surface area contributed by atoms with Crippen LogP contribution in [0.15, 0.2) is 53.4 Å². The van der Waals surface area contributed by atoms with Crippen molar-refractivity contribution in [3.05, 3.63) is 48.5 Å². The lowest BCUT2D eigenvalue weighted by molar-refractivity contribution is -0.114. The van der Waals surface area contributed by atoms with Crippen molar-refractivity contribution in [1.82, 2.24) is 10.3 Å². The number of anilines is 2. The molecule has 1 amide bonds. The van der Waals surface area contributed by atoms with Crippen molar-refractivity contribution in [2.45, 2.75) is 11.8 Å². The molecule has 0 bridgehead atoms. The molecule has 0 spiro atoms. The number of ether oxygens (including phenoxy) is 1. The fourth-order valence-corrected chi connectivity index (χ4v) is 3.01. The van der Waals surface area contributed by atoms with Crippen LogP contribution in [-0.2, 0) is 14.8 Å². The smallest absolute Gasteiger partial charge is 0.257 e. The number of sulfonamides is 1. The zero-order valence-corrected chi connectivity index (χ0v) is 15.7. The molecule has 2 rings (SSSR count). The van der Waals surface area contributed by atoms with E-state index in [2.05, 4.69) is 20.9 Å². The Bertz CT molecular complexity index is 881. The van der Waals surface area contributed by atoms with Crippen molar-refractivity contribution in [2.24, 2.45) is 0 Å². The number of thiocarbonyl (C=S) groups is 1. The Morgan fingerprint density at radius 1 is 0.962 bits per heavy atom. The average molecular weight is 394 g/mol. The van der Waals surface area contributed by atoms with Gasteiger partial charge in [0.2, 0.25) is 5.91 Å². The molecule has 138 valence electrons. The van der Waals surface area contributed by atoms with Crippen LogP contribution in [0.2, 0.25) is 0 Å². The van der Waals surface area contributed by atoms with Crippen molar-refractivity contribution in [3.63, 3.8) is 0 Å². The van der Waals surface area contributed by atoms with Crippen molar-refractivity contribution in [3.8, 4) is 5.75 Å². The summed E-state index contributed by atoms with van der Waals surface area (Å²) in [5, 5.41) is 5.48. The molecule has 26 heavy (non-hydrogen) atoms. The van der Waals surface area contributed by atoms with Gasteiger partial charge >= 0.3 is 0 Å². The molecule has 0 heterocycles. The minimum atomic E-state index is -3.82. The summed E-state index contributed by atoms with van der Waals surface area (Å²) in [5.41, 5.74) is 3.60. The molecule has 0 radical (unpaired) electrons. The number of benzene rings is 2. The SMILES string of the molecule is COc1ccc(NC(=S)NNS(=O)(=O)c2ccc(NC(C)=O)cc2)cc1. The van der Waals surface area contributed by atoms with Crippen LogP contribution < -0.4 is 25.6 Å². The van der Waals surface area contributed by atoms with Gasteiger partial charge < -0.3 is 15.4 Å². The summed E-state index contributed by atoms with van der Waals surface area (Å²) in [4.78, 5) is 13.2. The number of hydrazine groups is 1. The molecule has 0 aliphatic carbocycles. The predicted molar refractivity (Wildman–Crippen MR) is 103 cm³/mol. The summed E-state index contributed by atoms with van der Waals surface area (Å²) in [7, 11) is -2.26. The molecule has 0 aromatic heterocycles. The number of carbonyl (C=O) groups excluding carboxylic acids is 1. The van der Waals surface area contributed by atoms with Gasteiger partial charge in [0.1, 0.15) is 5.75 Å². The third-order valence-corrected chi connectivity index (χ3v) is 4.60. The van der Waals surface area contributed by atoms with Crippen LogP contribution in [0, 0.1) is 0 Å². The highest BCUT2D eigenvalue weighted by Crippen LogP contribution is 2.15. The summed E-state index contributed by atoms with van der Waals surface area (Å²) in [6, 6.07) is 12.7. The first-order valence-electron chi connectivity index (χ1n) is 7.40. The molecule has 0 fully saturated rings. The van der Waals surface area contributed by atoms with Crippen LogP contribution in [0.25, 0.3) is 0 Å². The number of amides is 1. The van der Waals surface area contributed by atoms with E-state index < -0.39 is 10.0 Å². The maximum atomic E-state index is 12.2. The maximum absolute atomic E-state index is 12.2. The Balaban J connectivity index is 1.93. The first kappa shape index (κ1) is 19.6. The van der Waals surface area contributed by atoms with Crippen LogP contribution in [0.5, 0.6) is 5.75 Å². The van der Waals surface area contributed by atoms with E-state index in [1.807, 2.05) is 0 Å². The zero-order chi connectivity index (χ0) is 19.2. The van der Waals surface area contributed by atoms with E-state index in [4.69, 9.17) is 17.0 Å². The summed E-state index contributed by atoms with van der Waals surface area (Å²) in [6.45, 7) is 1.37. The monoisotopic (exact) mass is 394 g/mol. The highest BCUT2D eigenvalue weighted by Gasteiger charge is 2.14. The molecular weight excluding hydrogens is 376 g/mol. The second kappa shape index (κ2) is 8.61. The Morgan fingerprint density at radius 2 is 1.50 bits per heavy atom. The number of rotatable bonds is 6. The zero-order valence-electron chi connectivity index (χ0n) is 14.1. The highest BCUT2D eigenvalue weighted by molar-refractivity contribution is 7.89.